The summed E-state index contributed by atoms with van der Waals surface area (Å²) in [5.74, 6) is -0.313. The van der Waals surface area contributed by atoms with Crippen LogP contribution in [0.1, 0.15) is 27.0 Å². The molecule has 0 aliphatic rings. The quantitative estimate of drug-likeness (QED) is 0.862. The third-order valence-electron chi connectivity index (χ3n) is 3.31. The highest BCUT2D eigenvalue weighted by Gasteiger charge is 2.21. The molecule has 1 radical (unpaired) electrons. The maximum absolute atomic E-state index is 12.4. The molecule has 115 valence electrons. The Balaban J connectivity index is 2.21. The molecule has 0 spiro atoms. The van der Waals surface area contributed by atoms with Crippen LogP contribution >= 0.6 is 0 Å². The first-order chi connectivity index (χ1) is 10.3. The monoisotopic (exact) mass is 316 g/mol. The van der Waals surface area contributed by atoms with Crippen molar-refractivity contribution < 1.29 is 13.2 Å². The van der Waals surface area contributed by atoms with Crippen molar-refractivity contribution in [3.8, 4) is 0 Å². The molecule has 0 aromatic heterocycles. The number of aryl methyl sites for hydroxylation is 3. The minimum absolute atomic E-state index is 0.239. The van der Waals surface area contributed by atoms with E-state index in [4.69, 9.17) is 0 Å². The van der Waals surface area contributed by atoms with Gasteiger partial charge < -0.3 is 0 Å². The van der Waals surface area contributed by atoms with E-state index in [-0.39, 0.29) is 17.2 Å². The van der Waals surface area contributed by atoms with E-state index in [1.54, 1.807) is 38.1 Å². The molecular weight excluding hydrogens is 298 g/mol. The maximum Gasteiger partial charge on any atom is 0.241 e. The fourth-order valence-corrected chi connectivity index (χ4v) is 3.92. The van der Waals surface area contributed by atoms with Crippen LogP contribution in [0.2, 0.25) is 0 Å². The van der Waals surface area contributed by atoms with E-state index in [9.17, 15) is 13.2 Å². The summed E-state index contributed by atoms with van der Waals surface area (Å²) in [4.78, 5) is 12.2. The first-order valence-electron chi connectivity index (χ1n) is 6.88. The molecule has 0 heterocycles. The lowest BCUT2D eigenvalue weighted by atomic mass is 10.1. The van der Waals surface area contributed by atoms with Gasteiger partial charge in [0.1, 0.15) is 0 Å². The van der Waals surface area contributed by atoms with E-state index >= 15 is 0 Å². The van der Waals surface area contributed by atoms with Crippen LogP contribution in [0, 0.1) is 26.8 Å². The van der Waals surface area contributed by atoms with Crippen LogP contribution in [-0.4, -0.2) is 20.7 Å². The zero-order chi connectivity index (χ0) is 16.3. The van der Waals surface area contributed by atoms with Gasteiger partial charge >= 0.3 is 0 Å². The van der Waals surface area contributed by atoms with E-state index < -0.39 is 10.0 Å². The summed E-state index contributed by atoms with van der Waals surface area (Å²) in [6.45, 7) is 5.14. The molecule has 0 aliphatic heterocycles. The number of benzene rings is 2. The van der Waals surface area contributed by atoms with Gasteiger partial charge in [0.25, 0.3) is 0 Å². The van der Waals surface area contributed by atoms with Crippen LogP contribution in [0.3, 0.4) is 0 Å². The molecule has 2 aromatic carbocycles. The van der Waals surface area contributed by atoms with Gasteiger partial charge in [-0.2, -0.15) is 0 Å². The second-order valence-electron chi connectivity index (χ2n) is 5.25. The summed E-state index contributed by atoms with van der Waals surface area (Å²) in [6.07, 6.45) is 0. The van der Waals surface area contributed by atoms with Gasteiger partial charge in [0.15, 0.2) is 5.78 Å². The third-order valence-corrected chi connectivity index (χ3v) is 5.01. The smallest absolute Gasteiger partial charge is 0.241 e. The van der Waals surface area contributed by atoms with Crippen molar-refractivity contribution in [2.75, 3.05) is 6.54 Å². The molecule has 0 atom stereocenters. The molecule has 0 saturated carbocycles. The van der Waals surface area contributed by atoms with Crippen molar-refractivity contribution in [1.82, 2.24) is 4.72 Å². The molecule has 0 fully saturated rings. The SMILES string of the molecule is Cc1cc(C)c(S(=O)(=O)NCC(=O)c2[c]cccc2)c(C)c1. The van der Waals surface area contributed by atoms with Gasteiger partial charge in [-0.05, 0) is 38.0 Å². The number of ketones is 1. The summed E-state index contributed by atoms with van der Waals surface area (Å²) >= 11 is 0. The van der Waals surface area contributed by atoms with Crippen molar-refractivity contribution in [2.24, 2.45) is 0 Å². The van der Waals surface area contributed by atoms with E-state index in [0.29, 0.717) is 16.7 Å². The molecule has 1 N–H and O–H groups in total. The first-order valence-corrected chi connectivity index (χ1v) is 8.37. The average Bonchev–Trinajstić information content (AvgIpc) is 2.44. The van der Waals surface area contributed by atoms with Crippen molar-refractivity contribution in [3.63, 3.8) is 0 Å². The maximum atomic E-state index is 12.4. The summed E-state index contributed by atoms with van der Waals surface area (Å²) in [6, 6.07) is 13.1. The minimum Gasteiger partial charge on any atom is -0.293 e. The average molecular weight is 316 g/mol. The van der Waals surface area contributed by atoms with Gasteiger partial charge in [-0.15, -0.1) is 0 Å². The number of nitrogens with one attached hydrogen (secondary N) is 1. The highest BCUT2D eigenvalue weighted by Crippen LogP contribution is 2.21. The summed E-state index contributed by atoms with van der Waals surface area (Å²) in [7, 11) is -3.73. The molecular formula is C17H18NO3S. The number of carbonyl (C=O) groups excluding carboxylic acids is 1. The number of carbonyl (C=O) groups is 1. The Labute approximate surface area is 131 Å². The molecule has 2 aromatic rings. The van der Waals surface area contributed by atoms with Crippen LogP contribution in [0.4, 0.5) is 0 Å². The minimum atomic E-state index is -3.73. The van der Waals surface area contributed by atoms with Crippen molar-refractivity contribution in [3.05, 3.63) is 64.7 Å². The van der Waals surface area contributed by atoms with Crippen LogP contribution in [0.5, 0.6) is 0 Å². The summed E-state index contributed by atoms with van der Waals surface area (Å²) < 4.78 is 27.3. The van der Waals surface area contributed by atoms with Crippen molar-refractivity contribution in [2.45, 2.75) is 25.7 Å². The number of Topliss-reactive ketones (excluding diaryl/α,β-unsaturated/α-hetero) is 1. The topological polar surface area (TPSA) is 63.2 Å². The highest BCUT2D eigenvalue weighted by atomic mass is 32.2. The van der Waals surface area contributed by atoms with Crippen LogP contribution in [-0.2, 0) is 10.0 Å². The second kappa shape index (κ2) is 6.42. The van der Waals surface area contributed by atoms with E-state index in [1.807, 2.05) is 19.1 Å². The molecule has 0 unspecified atom stereocenters. The number of hydrogen-bond donors (Lipinski definition) is 1. The third kappa shape index (κ3) is 3.61. The summed E-state index contributed by atoms with van der Waals surface area (Å²) in [5.41, 5.74) is 2.71. The number of sulfonamides is 1. The Morgan fingerprint density at radius 3 is 2.32 bits per heavy atom. The van der Waals surface area contributed by atoms with E-state index in [0.717, 1.165) is 5.56 Å². The lowest BCUT2D eigenvalue weighted by molar-refractivity contribution is 0.0996. The normalized spacial score (nSPS) is 11.4. The molecule has 0 amide bonds. The van der Waals surface area contributed by atoms with Gasteiger partial charge in [-0.3, -0.25) is 4.79 Å². The van der Waals surface area contributed by atoms with E-state index in [2.05, 4.69) is 10.8 Å². The fraction of sp³-hybridized carbons (Fsp3) is 0.235. The molecule has 5 heteroatoms. The number of rotatable bonds is 5. The Bertz CT molecular complexity index is 773. The Morgan fingerprint density at radius 1 is 1.14 bits per heavy atom. The largest absolute Gasteiger partial charge is 0.293 e. The van der Waals surface area contributed by atoms with Crippen LogP contribution in [0.25, 0.3) is 0 Å². The first kappa shape index (κ1) is 16.4. The van der Waals surface area contributed by atoms with Gasteiger partial charge in [0.2, 0.25) is 10.0 Å². The van der Waals surface area contributed by atoms with Gasteiger partial charge in [0, 0.05) is 5.56 Å². The van der Waals surface area contributed by atoms with Gasteiger partial charge in [0.05, 0.1) is 11.4 Å². The Kier molecular flexibility index (Phi) is 4.78. The fourth-order valence-electron chi connectivity index (χ4n) is 2.49. The van der Waals surface area contributed by atoms with Gasteiger partial charge in [-0.1, -0.05) is 42.0 Å². The standard InChI is InChI=1S/C17H18NO3S/c1-12-9-13(2)17(14(3)10-12)22(20,21)18-11-16(19)15-7-5-4-6-8-15/h4-7,9-10,18H,11H2,1-3H3. The number of hydrogen-bond acceptors (Lipinski definition) is 3. The Hall–Kier alpha value is -1.98. The lowest BCUT2D eigenvalue weighted by Crippen LogP contribution is -2.30. The van der Waals surface area contributed by atoms with Gasteiger partial charge in [-0.25, -0.2) is 13.1 Å². The zero-order valence-electron chi connectivity index (χ0n) is 12.8. The highest BCUT2D eigenvalue weighted by molar-refractivity contribution is 7.89. The summed E-state index contributed by atoms with van der Waals surface area (Å²) in [5, 5.41) is 0. The molecule has 4 nitrogen and oxygen atoms in total. The molecule has 0 saturated heterocycles. The Morgan fingerprint density at radius 2 is 1.77 bits per heavy atom. The lowest BCUT2D eigenvalue weighted by Gasteiger charge is -2.12. The second-order valence-corrected chi connectivity index (χ2v) is 6.96. The molecule has 22 heavy (non-hydrogen) atoms. The van der Waals surface area contributed by atoms with E-state index in [1.165, 1.54) is 0 Å². The predicted molar refractivity (Wildman–Crippen MR) is 85.5 cm³/mol. The molecule has 0 aliphatic carbocycles. The molecule has 2 rings (SSSR count). The van der Waals surface area contributed by atoms with Crippen LogP contribution < -0.4 is 4.72 Å². The van der Waals surface area contributed by atoms with Crippen LogP contribution in [0.15, 0.2) is 41.3 Å². The molecule has 0 bridgehead atoms. The van der Waals surface area contributed by atoms with Crippen molar-refractivity contribution in [1.29, 1.82) is 0 Å². The zero-order valence-corrected chi connectivity index (χ0v) is 13.6. The van der Waals surface area contributed by atoms with Crippen molar-refractivity contribution >= 4 is 15.8 Å². The predicted octanol–water partition coefficient (Wildman–Crippen LogP) is 2.57.